The molecule has 0 saturated heterocycles. The summed E-state index contributed by atoms with van der Waals surface area (Å²) in [6, 6.07) is 12.1. The van der Waals surface area contributed by atoms with Gasteiger partial charge in [0, 0.05) is 23.9 Å². The number of aromatic nitrogens is 2. The third-order valence-electron chi connectivity index (χ3n) is 4.17. The van der Waals surface area contributed by atoms with Crippen LogP contribution < -0.4 is 14.8 Å². The zero-order valence-corrected chi connectivity index (χ0v) is 13.6. The van der Waals surface area contributed by atoms with Crippen molar-refractivity contribution in [3.05, 3.63) is 53.9 Å². The highest BCUT2D eigenvalue weighted by Crippen LogP contribution is 2.34. The number of ether oxygens (including phenoxy) is 2. The first kappa shape index (κ1) is 14.8. The molecule has 1 aliphatic heterocycles. The fourth-order valence-electron chi connectivity index (χ4n) is 2.95. The number of anilines is 1. The van der Waals surface area contributed by atoms with Crippen molar-refractivity contribution in [2.45, 2.75) is 19.9 Å². The quantitative estimate of drug-likeness (QED) is 0.797. The maximum Gasteiger partial charge on any atom is 0.166 e. The average Bonchev–Trinajstić information content (AvgIpc) is 2.86. The molecule has 0 fully saturated rings. The van der Waals surface area contributed by atoms with E-state index < -0.39 is 0 Å². The maximum absolute atomic E-state index is 5.88. The molecule has 0 atom stereocenters. The number of hydrogen-bond donors (Lipinski definition) is 1. The number of benzene rings is 2. The van der Waals surface area contributed by atoms with E-state index in [1.54, 1.807) is 6.33 Å². The number of nitrogens with one attached hydrogen (secondary N) is 1. The van der Waals surface area contributed by atoms with Gasteiger partial charge in [-0.05, 0) is 24.6 Å². The summed E-state index contributed by atoms with van der Waals surface area (Å²) in [5.74, 6) is 2.48. The smallest absolute Gasteiger partial charge is 0.166 e. The molecule has 122 valence electrons. The zero-order chi connectivity index (χ0) is 16.4. The Morgan fingerprint density at radius 3 is 2.88 bits per heavy atom. The lowest BCUT2D eigenvalue weighted by molar-refractivity contribution is 0.296. The second-order valence-corrected chi connectivity index (χ2v) is 5.84. The molecule has 1 aliphatic rings. The van der Waals surface area contributed by atoms with E-state index in [1.165, 1.54) is 0 Å². The minimum absolute atomic E-state index is 0.618. The summed E-state index contributed by atoms with van der Waals surface area (Å²) in [4.78, 5) is 8.78. The summed E-state index contributed by atoms with van der Waals surface area (Å²) in [5, 5.41) is 4.44. The van der Waals surface area contributed by atoms with Crippen LogP contribution in [0.4, 0.5) is 5.82 Å². The van der Waals surface area contributed by atoms with Crippen LogP contribution in [0.15, 0.2) is 42.7 Å². The fraction of sp³-hybridized carbons (Fsp3) is 0.263. The second kappa shape index (κ2) is 6.35. The molecule has 2 aromatic carbocycles. The molecule has 0 amide bonds. The molecular formula is C19H19N3O2. The van der Waals surface area contributed by atoms with Gasteiger partial charge in [-0.3, -0.25) is 0 Å². The highest BCUT2D eigenvalue weighted by atomic mass is 16.5. The van der Waals surface area contributed by atoms with Crippen molar-refractivity contribution in [3.63, 3.8) is 0 Å². The first-order valence-corrected chi connectivity index (χ1v) is 8.14. The number of aryl methyl sites for hydroxylation is 1. The summed E-state index contributed by atoms with van der Waals surface area (Å²) in [7, 11) is 0. The minimum atomic E-state index is 0.618. The summed E-state index contributed by atoms with van der Waals surface area (Å²) in [6.45, 7) is 4.05. The van der Waals surface area contributed by atoms with Gasteiger partial charge in [-0.2, -0.15) is 0 Å². The molecule has 0 spiro atoms. The van der Waals surface area contributed by atoms with Crippen molar-refractivity contribution >= 4 is 16.7 Å². The Hall–Kier alpha value is -2.82. The standard InChI is InChI=1S/C19H19N3O2/c1-13-5-2-7-15-17(13)21-12-22-19(15)20-11-14-6-3-8-16-18(14)24-10-4-9-23-16/h2-3,5-8,12H,4,9-11H2,1H3,(H,20,21,22). The Morgan fingerprint density at radius 2 is 1.92 bits per heavy atom. The van der Waals surface area contributed by atoms with Gasteiger partial charge in [-0.15, -0.1) is 0 Å². The largest absolute Gasteiger partial charge is 0.490 e. The minimum Gasteiger partial charge on any atom is -0.490 e. The van der Waals surface area contributed by atoms with E-state index in [4.69, 9.17) is 9.47 Å². The third kappa shape index (κ3) is 2.73. The van der Waals surface area contributed by atoms with E-state index in [1.807, 2.05) is 24.3 Å². The topological polar surface area (TPSA) is 56.3 Å². The van der Waals surface area contributed by atoms with Crippen molar-refractivity contribution in [1.29, 1.82) is 0 Å². The first-order valence-electron chi connectivity index (χ1n) is 8.14. The van der Waals surface area contributed by atoms with Crippen LogP contribution in [0.5, 0.6) is 11.5 Å². The van der Waals surface area contributed by atoms with Gasteiger partial charge in [0.15, 0.2) is 11.5 Å². The van der Waals surface area contributed by atoms with Gasteiger partial charge < -0.3 is 14.8 Å². The molecule has 24 heavy (non-hydrogen) atoms. The van der Waals surface area contributed by atoms with Crippen LogP contribution in [-0.2, 0) is 6.54 Å². The zero-order valence-electron chi connectivity index (χ0n) is 13.6. The van der Waals surface area contributed by atoms with Crippen molar-refractivity contribution in [1.82, 2.24) is 9.97 Å². The molecule has 2 heterocycles. The molecule has 4 rings (SSSR count). The van der Waals surface area contributed by atoms with Gasteiger partial charge in [-0.25, -0.2) is 9.97 Å². The molecule has 0 bridgehead atoms. The van der Waals surface area contributed by atoms with Gasteiger partial charge in [-0.1, -0.05) is 24.3 Å². The third-order valence-corrected chi connectivity index (χ3v) is 4.17. The van der Waals surface area contributed by atoms with Crippen LogP contribution in [0.2, 0.25) is 0 Å². The molecule has 0 radical (unpaired) electrons. The molecule has 1 N–H and O–H groups in total. The van der Waals surface area contributed by atoms with Crippen LogP contribution in [-0.4, -0.2) is 23.2 Å². The van der Waals surface area contributed by atoms with Crippen LogP contribution in [0, 0.1) is 6.92 Å². The number of fused-ring (bicyclic) bond motifs is 2. The second-order valence-electron chi connectivity index (χ2n) is 5.84. The lowest BCUT2D eigenvalue weighted by Crippen LogP contribution is -2.05. The Balaban J connectivity index is 1.63. The maximum atomic E-state index is 5.88. The Kier molecular flexibility index (Phi) is 3.91. The summed E-state index contributed by atoms with van der Waals surface area (Å²) < 4.78 is 11.6. The monoisotopic (exact) mass is 321 g/mol. The molecule has 0 saturated carbocycles. The van der Waals surface area contributed by atoms with Crippen LogP contribution >= 0.6 is 0 Å². The highest BCUT2D eigenvalue weighted by molar-refractivity contribution is 5.90. The van der Waals surface area contributed by atoms with Crippen molar-refractivity contribution in [2.24, 2.45) is 0 Å². The van der Waals surface area contributed by atoms with Crippen molar-refractivity contribution in [2.75, 3.05) is 18.5 Å². The summed E-state index contributed by atoms with van der Waals surface area (Å²) in [6.07, 6.45) is 2.50. The fourth-order valence-corrected chi connectivity index (χ4v) is 2.95. The van der Waals surface area contributed by atoms with Gasteiger partial charge in [0.25, 0.3) is 0 Å². The van der Waals surface area contributed by atoms with Gasteiger partial charge in [0.05, 0.1) is 18.7 Å². The van der Waals surface area contributed by atoms with Crippen molar-refractivity contribution in [3.8, 4) is 11.5 Å². The van der Waals surface area contributed by atoms with E-state index >= 15 is 0 Å². The van der Waals surface area contributed by atoms with Gasteiger partial charge in [0.1, 0.15) is 12.1 Å². The van der Waals surface area contributed by atoms with E-state index in [9.17, 15) is 0 Å². The molecule has 5 nitrogen and oxygen atoms in total. The van der Waals surface area contributed by atoms with E-state index in [2.05, 4.69) is 34.3 Å². The molecule has 0 aliphatic carbocycles. The number of nitrogens with zero attached hydrogens (tertiary/aromatic N) is 2. The number of rotatable bonds is 3. The van der Waals surface area contributed by atoms with E-state index in [0.29, 0.717) is 19.8 Å². The predicted octanol–water partition coefficient (Wildman–Crippen LogP) is 3.71. The Bertz CT molecular complexity index is 880. The van der Waals surface area contributed by atoms with Crippen molar-refractivity contribution < 1.29 is 9.47 Å². The lowest BCUT2D eigenvalue weighted by Gasteiger charge is -2.14. The summed E-state index contributed by atoms with van der Waals surface area (Å²) in [5.41, 5.74) is 3.18. The molecule has 5 heteroatoms. The number of para-hydroxylation sites is 2. The Morgan fingerprint density at radius 1 is 1.04 bits per heavy atom. The lowest BCUT2D eigenvalue weighted by atomic mass is 10.1. The first-order chi connectivity index (χ1) is 11.8. The average molecular weight is 321 g/mol. The predicted molar refractivity (Wildman–Crippen MR) is 93.7 cm³/mol. The van der Waals surface area contributed by atoms with E-state index in [-0.39, 0.29) is 0 Å². The van der Waals surface area contributed by atoms with Crippen LogP contribution in [0.25, 0.3) is 10.9 Å². The molecule has 0 unspecified atom stereocenters. The van der Waals surface area contributed by atoms with Crippen LogP contribution in [0.3, 0.4) is 0 Å². The van der Waals surface area contributed by atoms with Crippen LogP contribution in [0.1, 0.15) is 17.5 Å². The van der Waals surface area contributed by atoms with Gasteiger partial charge >= 0.3 is 0 Å². The highest BCUT2D eigenvalue weighted by Gasteiger charge is 2.14. The Labute approximate surface area is 140 Å². The SMILES string of the molecule is Cc1cccc2c(NCc3cccc4c3OCCCO4)ncnc12. The molecular weight excluding hydrogens is 302 g/mol. The molecule has 1 aromatic heterocycles. The normalized spacial score (nSPS) is 13.5. The van der Waals surface area contributed by atoms with E-state index in [0.717, 1.165) is 45.8 Å². The molecule has 3 aromatic rings. The van der Waals surface area contributed by atoms with Gasteiger partial charge in [0.2, 0.25) is 0 Å². The number of hydrogen-bond acceptors (Lipinski definition) is 5. The summed E-state index contributed by atoms with van der Waals surface area (Å²) >= 11 is 0.